The van der Waals surface area contributed by atoms with Crippen molar-refractivity contribution in [1.82, 2.24) is 4.90 Å². The molecule has 0 bridgehead atoms. The number of nitrogens with zero attached hydrogens (tertiary/aromatic N) is 1. The third kappa shape index (κ3) is 4.64. The molecule has 0 saturated heterocycles. The molecule has 22 heavy (non-hydrogen) atoms. The summed E-state index contributed by atoms with van der Waals surface area (Å²) in [6, 6.07) is 0.429. The minimum absolute atomic E-state index is 0.214. The van der Waals surface area contributed by atoms with Gasteiger partial charge in [-0.25, -0.2) is 0 Å². The van der Waals surface area contributed by atoms with Crippen LogP contribution in [0.1, 0.15) is 64.2 Å². The number of alkyl halides is 3. The van der Waals surface area contributed by atoms with Crippen molar-refractivity contribution in [2.75, 3.05) is 0 Å². The van der Waals surface area contributed by atoms with Crippen LogP contribution in [0.15, 0.2) is 11.2 Å². The number of hydrogen-bond acceptors (Lipinski definition) is 2. The van der Waals surface area contributed by atoms with Gasteiger partial charge in [0.05, 0.1) is 0 Å². The SMILES string of the molecule is O=C(/C(Cl)=C\N(C1CCCCC1)C1CCCCC1)C(F)(F)F. The molecule has 0 unspecified atom stereocenters. The minimum atomic E-state index is -4.90. The van der Waals surface area contributed by atoms with Gasteiger partial charge in [0.1, 0.15) is 5.03 Å². The molecule has 2 nitrogen and oxygen atoms in total. The Kier molecular flexibility index (Phi) is 6.18. The van der Waals surface area contributed by atoms with Gasteiger partial charge in [-0.2, -0.15) is 13.2 Å². The Labute approximate surface area is 134 Å². The summed E-state index contributed by atoms with van der Waals surface area (Å²) < 4.78 is 37.6. The third-order valence-electron chi connectivity index (χ3n) is 4.73. The first-order valence-corrected chi connectivity index (χ1v) is 8.53. The van der Waals surface area contributed by atoms with Crippen molar-refractivity contribution in [3.63, 3.8) is 0 Å². The van der Waals surface area contributed by atoms with Crippen LogP contribution >= 0.6 is 11.6 Å². The molecule has 0 heterocycles. The van der Waals surface area contributed by atoms with E-state index in [-0.39, 0.29) is 12.1 Å². The van der Waals surface area contributed by atoms with Crippen LogP contribution in [-0.4, -0.2) is 28.9 Å². The highest BCUT2D eigenvalue weighted by molar-refractivity contribution is 6.43. The summed E-state index contributed by atoms with van der Waals surface area (Å²) in [4.78, 5) is 13.3. The monoisotopic (exact) mass is 337 g/mol. The highest BCUT2D eigenvalue weighted by Crippen LogP contribution is 2.32. The maximum absolute atomic E-state index is 12.5. The molecule has 2 fully saturated rings. The molecule has 2 aliphatic carbocycles. The molecule has 2 saturated carbocycles. The average molecular weight is 338 g/mol. The molecule has 0 atom stereocenters. The predicted octanol–water partition coefficient (Wildman–Crippen LogP) is 5.17. The maximum Gasteiger partial charge on any atom is 0.455 e. The summed E-state index contributed by atoms with van der Waals surface area (Å²) in [5.41, 5.74) is 0. The fourth-order valence-corrected chi connectivity index (χ4v) is 3.81. The molecular weight excluding hydrogens is 315 g/mol. The summed E-state index contributed by atoms with van der Waals surface area (Å²) in [6.07, 6.45) is 6.96. The molecule has 0 N–H and O–H groups in total. The first-order valence-electron chi connectivity index (χ1n) is 8.16. The van der Waals surface area contributed by atoms with Crippen LogP contribution in [-0.2, 0) is 4.79 Å². The highest BCUT2D eigenvalue weighted by atomic mass is 35.5. The number of carbonyl (C=O) groups excluding carboxylic acids is 1. The van der Waals surface area contributed by atoms with Crippen LogP contribution in [0.2, 0.25) is 0 Å². The van der Waals surface area contributed by atoms with Crippen molar-refractivity contribution in [2.24, 2.45) is 0 Å². The van der Waals surface area contributed by atoms with Crippen LogP contribution < -0.4 is 0 Å². The molecule has 0 aromatic heterocycles. The van der Waals surface area contributed by atoms with Crippen molar-refractivity contribution >= 4 is 17.4 Å². The van der Waals surface area contributed by atoms with E-state index < -0.39 is 17.0 Å². The number of Topliss-reactive ketones (excluding diaryl/α,β-unsaturated/α-hetero) is 1. The molecule has 6 heteroatoms. The van der Waals surface area contributed by atoms with Crippen molar-refractivity contribution in [1.29, 1.82) is 0 Å². The maximum atomic E-state index is 12.5. The molecule has 0 radical (unpaired) electrons. The van der Waals surface area contributed by atoms with E-state index >= 15 is 0 Å². The first-order chi connectivity index (χ1) is 10.4. The Hall–Kier alpha value is -0.710. The molecular formula is C16H23ClF3NO. The van der Waals surface area contributed by atoms with Gasteiger partial charge in [0.2, 0.25) is 0 Å². The van der Waals surface area contributed by atoms with Crippen molar-refractivity contribution < 1.29 is 18.0 Å². The minimum Gasteiger partial charge on any atom is -0.370 e. The highest BCUT2D eigenvalue weighted by Gasteiger charge is 2.41. The number of halogens is 4. The molecule has 0 aliphatic heterocycles. The summed E-state index contributed by atoms with van der Waals surface area (Å²) in [7, 11) is 0. The van der Waals surface area contributed by atoms with Crippen LogP contribution in [0.3, 0.4) is 0 Å². The largest absolute Gasteiger partial charge is 0.455 e. The van der Waals surface area contributed by atoms with Gasteiger partial charge in [0, 0.05) is 18.3 Å². The third-order valence-corrected chi connectivity index (χ3v) is 5.00. The Bertz CT molecular complexity index is 392. The van der Waals surface area contributed by atoms with Gasteiger partial charge in [-0.1, -0.05) is 50.1 Å². The second-order valence-electron chi connectivity index (χ2n) is 6.33. The fraction of sp³-hybridized carbons (Fsp3) is 0.812. The Balaban J connectivity index is 2.17. The molecule has 0 aromatic carbocycles. The molecule has 0 amide bonds. The topological polar surface area (TPSA) is 20.3 Å². The molecule has 126 valence electrons. The Morgan fingerprint density at radius 2 is 1.32 bits per heavy atom. The van der Waals surface area contributed by atoms with Gasteiger partial charge in [-0.05, 0) is 25.7 Å². The molecule has 2 aliphatic rings. The van der Waals surface area contributed by atoms with E-state index in [0.29, 0.717) is 0 Å². The molecule has 2 rings (SSSR count). The Morgan fingerprint density at radius 1 is 0.909 bits per heavy atom. The lowest BCUT2D eigenvalue weighted by atomic mass is 9.89. The van der Waals surface area contributed by atoms with E-state index in [1.165, 1.54) is 19.0 Å². The van der Waals surface area contributed by atoms with Crippen LogP contribution in [0.25, 0.3) is 0 Å². The van der Waals surface area contributed by atoms with E-state index in [1.807, 2.05) is 4.90 Å². The van der Waals surface area contributed by atoms with Gasteiger partial charge in [-0.3, -0.25) is 4.79 Å². The average Bonchev–Trinajstić information content (AvgIpc) is 2.52. The van der Waals surface area contributed by atoms with Gasteiger partial charge in [-0.15, -0.1) is 0 Å². The zero-order valence-electron chi connectivity index (χ0n) is 12.7. The number of ketones is 1. The van der Waals surface area contributed by atoms with Crippen LogP contribution in [0, 0.1) is 0 Å². The Morgan fingerprint density at radius 3 is 1.68 bits per heavy atom. The lowest BCUT2D eigenvalue weighted by molar-refractivity contribution is -0.165. The lowest BCUT2D eigenvalue weighted by Gasteiger charge is -2.41. The van der Waals surface area contributed by atoms with Crippen molar-refractivity contribution in [2.45, 2.75) is 82.5 Å². The predicted molar refractivity (Wildman–Crippen MR) is 80.6 cm³/mol. The second-order valence-corrected chi connectivity index (χ2v) is 6.74. The van der Waals surface area contributed by atoms with E-state index in [2.05, 4.69) is 0 Å². The van der Waals surface area contributed by atoms with Crippen molar-refractivity contribution in [3.8, 4) is 0 Å². The van der Waals surface area contributed by atoms with Crippen LogP contribution in [0.4, 0.5) is 13.2 Å². The van der Waals surface area contributed by atoms with E-state index in [9.17, 15) is 18.0 Å². The standard InChI is InChI=1S/C16H23ClF3NO/c17-14(15(22)16(18,19)20)11-21(12-7-3-1-4-8-12)13-9-5-2-6-10-13/h11-13H,1-10H2/b14-11+. The number of rotatable bonds is 4. The van der Waals surface area contributed by atoms with Gasteiger partial charge >= 0.3 is 6.18 Å². The van der Waals surface area contributed by atoms with Crippen LogP contribution in [0.5, 0.6) is 0 Å². The molecule has 0 aromatic rings. The zero-order chi connectivity index (χ0) is 16.2. The fourth-order valence-electron chi connectivity index (χ4n) is 3.59. The second kappa shape index (κ2) is 7.71. The van der Waals surface area contributed by atoms with Gasteiger partial charge in [0.15, 0.2) is 0 Å². The first kappa shape index (κ1) is 17.6. The summed E-state index contributed by atoms with van der Waals surface area (Å²) >= 11 is 5.70. The van der Waals surface area contributed by atoms with E-state index in [0.717, 1.165) is 51.4 Å². The zero-order valence-corrected chi connectivity index (χ0v) is 13.4. The summed E-state index contributed by atoms with van der Waals surface area (Å²) in [5.74, 6) is -1.94. The number of hydrogen-bond donors (Lipinski definition) is 0. The van der Waals surface area contributed by atoms with E-state index in [4.69, 9.17) is 11.6 Å². The smallest absolute Gasteiger partial charge is 0.370 e. The number of carbonyl (C=O) groups is 1. The van der Waals surface area contributed by atoms with E-state index in [1.54, 1.807) is 0 Å². The summed E-state index contributed by atoms with van der Waals surface area (Å²) in [6.45, 7) is 0. The lowest BCUT2D eigenvalue weighted by Crippen LogP contribution is -2.42. The molecule has 0 spiro atoms. The summed E-state index contributed by atoms with van der Waals surface area (Å²) in [5, 5.41) is -0.705. The van der Waals surface area contributed by atoms with Gasteiger partial charge < -0.3 is 4.90 Å². The van der Waals surface area contributed by atoms with Crippen molar-refractivity contribution in [3.05, 3.63) is 11.2 Å². The quantitative estimate of drug-likeness (QED) is 0.660. The van der Waals surface area contributed by atoms with Gasteiger partial charge in [0.25, 0.3) is 5.78 Å². The normalized spacial score (nSPS) is 22.6. The number of allylic oxidation sites excluding steroid dienone is 1.